The van der Waals surface area contributed by atoms with Crippen LogP contribution in [0.4, 0.5) is 5.88 Å². The van der Waals surface area contributed by atoms with E-state index in [-0.39, 0.29) is 22.2 Å². The number of esters is 1. The molecule has 0 atom stereocenters. The highest BCUT2D eigenvalue weighted by atomic mass is 35.5. The molecule has 1 amide bonds. The molecule has 1 N–H and O–H groups in total. The molecule has 0 saturated carbocycles. The lowest BCUT2D eigenvalue weighted by atomic mass is 9.98. The maximum absolute atomic E-state index is 12.5. The molecule has 0 fully saturated rings. The van der Waals surface area contributed by atoms with Gasteiger partial charge < -0.3 is 9.15 Å². The van der Waals surface area contributed by atoms with Crippen molar-refractivity contribution in [1.82, 2.24) is 4.98 Å². The molecule has 0 aliphatic carbocycles. The molecule has 0 bridgehead atoms. The Morgan fingerprint density at radius 2 is 1.67 bits per heavy atom. The average molecular weight is 458 g/mol. The number of nitriles is 1. The van der Waals surface area contributed by atoms with Gasteiger partial charge in [-0.2, -0.15) is 5.26 Å². The molecule has 2 aromatic heterocycles. The van der Waals surface area contributed by atoms with Gasteiger partial charge in [0, 0.05) is 17.3 Å². The highest BCUT2D eigenvalue weighted by Gasteiger charge is 2.24. The second-order valence-electron chi connectivity index (χ2n) is 6.82. The second kappa shape index (κ2) is 9.81. The molecule has 0 spiro atoms. The Morgan fingerprint density at radius 1 is 1.00 bits per heavy atom. The minimum absolute atomic E-state index is 0.0271. The molecule has 0 aliphatic heterocycles. The molecule has 8 heteroatoms. The maximum atomic E-state index is 12.5. The second-order valence-corrected chi connectivity index (χ2v) is 7.18. The number of amides is 1. The van der Waals surface area contributed by atoms with E-state index in [1.807, 2.05) is 60.7 Å². The van der Waals surface area contributed by atoms with Crippen LogP contribution in [0.5, 0.6) is 0 Å². The van der Waals surface area contributed by atoms with Gasteiger partial charge in [-0.1, -0.05) is 72.3 Å². The number of aromatic nitrogens is 1. The molecular formula is C25H16ClN3O4. The Bertz CT molecular complexity index is 1350. The smallest absolute Gasteiger partial charge is 0.341 e. The number of carbonyl (C=O) groups is 2. The van der Waals surface area contributed by atoms with Gasteiger partial charge in [0.15, 0.2) is 6.61 Å². The number of benzene rings is 2. The molecule has 0 aliphatic rings. The van der Waals surface area contributed by atoms with Crippen LogP contribution in [-0.2, 0) is 9.53 Å². The first-order valence-corrected chi connectivity index (χ1v) is 10.2. The number of hydrogen-bond acceptors (Lipinski definition) is 6. The SMILES string of the molecule is N#Cc1c(NC(=O)COC(=O)c2cccnc2Cl)oc(-c2ccccc2)c1-c1ccccc1. The summed E-state index contributed by atoms with van der Waals surface area (Å²) in [7, 11) is 0. The van der Waals surface area contributed by atoms with Gasteiger partial charge >= 0.3 is 5.97 Å². The number of carbonyl (C=O) groups excluding carboxylic acids is 2. The fourth-order valence-electron chi connectivity index (χ4n) is 3.21. The number of rotatable bonds is 6. The van der Waals surface area contributed by atoms with Gasteiger partial charge in [0.25, 0.3) is 5.91 Å². The minimum Gasteiger partial charge on any atom is -0.452 e. The van der Waals surface area contributed by atoms with E-state index in [0.717, 1.165) is 11.1 Å². The third-order valence-electron chi connectivity index (χ3n) is 4.68. The van der Waals surface area contributed by atoms with Crippen molar-refractivity contribution in [2.24, 2.45) is 0 Å². The van der Waals surface area contributed by atoms with E-state index < -0.39 is 18.5 Å². The number of furan rings is 1. The first kappa shape index (κ1) is 21.8. The van der Waals surface area contributed by atoms with Crippen LogP contribution in [0, 0.1) is 11.3 Å². The number of ether oxygens (including phenoxy) is 1. The Hall–Kier alpha value is -4.41. The van der Waals surface area contributed by atoms with Gasteiger partial charge in [0.1, 0.15) is 22.5 Å². The number of nitrogens with zero attached hydrogens (tertiary/aromatic N) is 2. The van der Waals surface area contributed by atoms with Crippen molar-refractivity contribution in [3.05, 3.63) is 95.3 Å². The monoisotopic (exact) mass is 457 g/mol. The number of nitrogens with one attached hydrogen (secondary N) is 1. The summed E-state index contributed by atoms with van der Waals surface area (Å²) in [6.07, 6.45) is 1.43. The molecule has 2 aromatic carbocycles. The van der Waals surface area contributed by atoms with E-state index in [2.05, 4.69) is 16.4 Å². The Morgan fingerprint density at radius 3 is 2.30 bits per heavy atom. The average Bonchev–Trinajstić information content (AvgIpc) is 3.22. The highest BCUT2D eigenvalue weighted by molar-refractivity contribution is 6.32. The number of halogens is 1. The summed E-state index contributed by atoms with van der Waals surface area (Å²) in [6.45, 7) is -0.600. The molecule has 33 heavy (non-hydrogen) atoms. The molecule has 2 heterocycles. The van der Waals surface area contributed by atoms with Crippen LogP contribution in [0.1, 0.15) is 15.9 Å². The number of pyridine rings is 1. The van der Waals surface area contributed by atoms with E-state index in [4.69, 9.17) is 20.8 Å². The van der Waals surface area contributed by atoms with E-state index in [9.17, 15) is 14.9 Å². The molecule has 4 aromatic rings. The van der Waals surface area contributed by atoms with E-state index >= 15 is 0 Å². The lowest BCUT2D eigenvalue weighted by molar-refractivity contribution is -0.119. The van der Waals surface area contributed by atoms with Gasteiger partial charge in [-0.05, 0) is 17.7 Å². The quantitative estimate of drug-likeness (QED) is 0.310. The first-order chi connectivity index (χ1) is 16.1. The van der Waals surface area contributed by atoms with Gasteiger partial charge in [-0.25, -0.2) is 9.78 Å². The summed E-state index contributed by atoms with van der Waals surface area (Å²) >= 11 is 5.88. The van der Waals surface area contributed by atoms with Crippen molar-refractivity contribution in [2.75, 3.05) is 11.9 Å². The van der Waals surface area contributed by atoms with Gasteiger partial charge in [0.05, 0.1) is 5.56 Å². The maximum Gasteiger partial charge on any atom is 0.341 e. The van der Waals surface area contributed by atoms with Crippen LogP contribution in [0.25, 0.3) is 22.5 Å². The van der Waals surface area contributed by atoms with E-state index in [0.29, 0.717) is 11.3 Å². The first-order valence-electron chi connectivity index (χ1n) is 9.83. The molecular weight excluding hydrogens is 442 g/mol. The predicted octanol–water partition coefficient (Wildman–Crippen LogP) is 5.33. The predicted molar refractivity (Wildman–Crippen MR) is 122 cm³/mol. The summed E-state index contributed by atoms with van der Waals surface area (Å²) in [5, 5.41) is 12.4. The number of anilines is 1. The van der Waals surface area contributed by atoms with Crippen LogP contribution in [-0.4, -0.2) is 23.5 Å². The van der Waals surface area contributed by atoms with Crippen molar-refractivity contribution >= 4 is 29.4 Å². The zero-order chi connectivity index (χ0) is 23.2. The minimum atomic E-state index is -0.793. The summed E-state index contributed by atoms with van der Waals surface area (Å²) < 4.78 is 11.0. The van der Waals surface area contributed by atoms with Gasteiger partial charge in [-0.15, -0.1) is 0 Å². The molecule has 4 rings (SSSR count). The van der Waals surface area contributed by atoms with Crippen LogP contribution in [0.2, 0.25) is 5.15 Å². The Balaban J connectivity index is 1.61. The largest absolute Gasteiger partial charge is 0.452 e. The Kier molecular flexibility index (Phi) is 6.48. The highest BCUT2D eigenvalue weighted by Crippen LogP contribution is 2.41. The molecule has 162 valence electrons. The van der Waals surface area contributed by atoms with Crippen LogP contribution in [0.3, 0.4) is 0 Å². The standard InChI is InChI=1S/C25H16ClN3O4/c26-23-18(12-7-13-28-23)25(31)32-15-20(30)29-24-19(14-27)21(16-8-3-1-4-9-16)22(33-24)17-10-5-2-6-11-17/h1-13H,15H2,(H,29,30). The topological polar surface area (TPSA) is 105 Å². The van der Waals surface area contributed by atoms with Crippen molar-refractivity contribution in [3.8, 4) is 28.5 Å². The Labute approximate surface area is 194 Å². The third kappa shape index (κ3) is 4.76. The third-order valence-corrected chi connectivity index (χ3v) is 4.99. The van der Waals surface area contributed by atoms with Crippen LogP contribution in [0.15, 0.2) is 83.4 Å². The van der Waals surface area contributed by atoms with E-state index in [1.165, 1.54) is 18.3 Å². The lowest BCUT2D eigenvalue weighted by Crippen LogP contribution is -2.21. The molecule has 0 saturated heterocycles. The lowest BCUT2D eigenvalue weighted by Gasteiger charge is -2.06. The van der Waals surface area contributed by atoms with Crippen molar-refractivity contribution in [2.45, 2.75) is 0 Å². The van der Waals surface area contributed by atoms with Crippen molar-refractivity contribution in [3.63, 3.8) is 0 Å². The summed E-state index contributed by atoms with van der Waals surface area (Å²) in [4.78, 5) is 28.5. The summed E-state index contributed by atoms with van der Waals surface area (Å²) in [5.41, 5.74) is 2.26. The van der Waals surface area contributed by atoms with E-state index in [1.54, 1.807) is 0 Å². The molecule has 0 unspecified atom stereocenters. The van der Waals surface area contributed by atoms with Gasteiger partial charge in [0.2, 0.25) is 5.88 Å². The normalized spacial score (nSPS) is 10.3. The fourth-order valence-corrected chi connectivity index (χ4v) is 3.41. The van der Waals surface area contributed by atoms with Crippen molar-refractivity contribution < 1.29 is 18.7 Å². The van der Waals surface area contributed by atoms with Gasteiger partial charge in [-0.3, -0.25) is 10.1 Å². The fraction of sp³-hybridized carbons (Fsp3) is 0.0400. The van der Waals surface area contributed by atoms with Crippen LogP contribution >= 0.6 is 11.6 Å². The van der Waals surface area contributed by atoms with Crippen LogP contribution < -0.4 is 5.32 Å². The number of hydrogen-bond donors (Lipinski definition) is 1. The molecule has 7 nitrogen and oxygen atoms in total. The zero-order valence-corrected chi connectivity index (χ0v) is 17.9. The summed E-state index contributed by atoms with van der Waals surface area (Å²) in [6, 6.07) is 23.6. The molecule has 0 radical (unpaired) electrons. The summed E-state index contributed by atoms with van der Waals surface area (Å²) in [5.74, 6) is -1.06. The zero-order valence-electron chi connectivity index (χ0n) is 17.1. The van der Waals surface area contributed by atoms with Crippen molar-refractivity contribution in [1.29, 1.82) is 5.26 Å².